The standard InChI is InChI=1S/C15H24N2O/c1-2-15(13-18)7-11-17(12-8-15)10-6-14-5-3-4-9-16-14/h3-5,9,18H,2,6-8,10-13H2,1H3. The molecule has 0 aromatic carbocycles. The van der Waals surface area contributed by atoms with Gasteiger partial charge in [0, 0.05) is 31.5 Å². The molecule has 0 bridgehead atoms. The van der Waals surface area contributed by atoms with Crippen LogP contribution in [0.25, 0.3) is 0 Å². The van der Waals surface area contributed by atoms with E-state index >= 15 is 0 Å². The van der Waals surface area contributed by atoms with E-state index in [1.54, 1.807) is 0 Å². The quantitative estimate of drug-likeness (QED) is 0.867. The van der Waals surface area contributed by atoms with Gasteiger partial charge in [0.25, 0.3) is 0 Å². The molecule has 0 unspecified atom stereocenters. The third-order valence-electron chi connectivity index (χ3n) is 4.41. The highest BCUT2D eigenvalue weighted by atomic mass is 16.3. The van der Waals surface area contributed by atoms with Gasteiger partial charge in [0.2, 0.25) is 0 Å². The van der Waals surface area contributed by atoms with Crippen LogP contribution in [0.3, 0.4) is 0 Å². The van der Waals surface area contributed by atoms with E-state index in [1.165, 1.54) is 5.69 Å². The van der Waals surface area contributed by atoms with E-state index in [2.05, 4.69) is 22.9 Å². The summed E-state index contributed by atoms with van der Waals surface area (Å²) < 4.78 is 0. The van der Waals surface area contributed by atoms with Crippen LogP contribution in [0.2, 0.25) is 0 Å². The maximum Gasteiger partial charge on any atom is 0.0488 e. The lowest BCUT2D eigenvalue weighted by Crippen LogP contribution is -2.42. The van der Waals surface area contributed by atoms with Crippen molar-refractivity contribution < 1.29 is 5.11 Å². The number of rotatable bonds is 5. The Bertz CT molecular complexity index is 339. The number of likely N-dealkylation sites (tertiary alicyclic amines) is 1. The molecule has 1 aliphatic rings. The fraction of sp³-hybridized carbons (Fsp3) is 0.667. The number of aromatic nitrogens is 1. The molecule has 2 rings (SSSR count). The van der Waals surface area contributed by atoms with Gasteiger partial charge in [-0.15, -0.1) is 0 Å². The van der Waals surface area contributed by atoms with Crippen LogP contribution in [-0.4, -0.2) is 41.2 Å². The molecule has 0 amide bonds. The molecule has 0 saturated carbocycles. The van der Waals surface area contributed by atoms with Gasteiger partial charge in [0.1, 0.15) is 0 Å². The predicted molar refractivity (Wildman–Crippen MR) is 73.4 cm³/mol. The Balaban J connectivity index is 1.77. The summed E-state index contributed by atoms with van der Waals surface area (Å²) in [4.78, 5) is 6.86. The minimum Gasteiger partial charge on any atom is -0.396 e. The number of piperidine rings is 1. The average Bonchev–Trinajstić information content (AvgIpc) is 2.47. The molecule has 1 aliphatic heterocycles. The number of aliphatic hydroxyl groups excluding tert-OH is 1. The van der Waals surface area contributed by atoms with Crippen molar-refractivity contribution in [1.82, 2.24) is 9.88 Å². The minimum absolute atomic E-state index is 0.196. The fourth-order valence-electron chi connectivity index (χ4n) is 2.69. The lowest BCUT2D eigenvalue weighted by Gasteiger charge is -2.40. The van der Waals surface area contributed by atoms with Crippen LogP contribution in [0, 0.1) is 5.41 Å². The van der Waals surface area contributed by atoms with Gasteiger partial charge in [-0.2, -0.15) is 0 Å². The Morgan fingerprint density at radius 3 is 2.67 bits per heavy atom. The molecule has 3 nitrogen and oxygen atoms in total. The molecule has 100 valence electrons. The third kappa shape index (κ3) is 3.30. The molecular formula is C15H24N2O. The molecule has 1 aromatic heterocycles. The molecule has 0 radical (unpaired) electrons. The first-order chi connectivity index (χ1) is 8.78. The Morgan fingerprint density at radius 2 is 2.11 bits per heavy atom. The zero-order valence-corrected chi connectivity index (χ0v) is 11.3. The van der Waals surface area contributed by atoms with Gasteiger partial charge < -0.3 is 10.0 Å². The van der Waals surface area contributed by atoms with Gasteiger partial charge >= 0.3 is 0 Å². The van der Waals surface area contributed by atoms with E-state index in [1.807, 2.05) is 18.3 Å². The summed E-state index contributed by atoms with van der Waals surface area (Å²) in [5.41, 5.74) is 1.37. The van der Waals surface area contributed by atoms with E-state index in [0.29, 0.717) is 6.61 Å². The summed E-state index contributed by atoms with van der Waals surface area (Å²) in [6.07, 6.45) is 6.24. The Morgan fingerprint density at radius 1 is 1.33 bits per heavy atom. The Labute approximate surface area is 110 Å². The predicted octanol–water partition coefficient (Wildman–Crippen LogP) is 2.11. The van der Waals surface area contributed by atoms with Gasteiger partial charge in [-0.25, -0.2) is 0 Å². The molecule has 0 aliphatic carbocycles. The van der Waals surface area contributed by atoms with Crippen molar-refractivity contribution in [2.45, 2.75) is 32.6 Å². The highest BCUT2D eigenvalue weighted by molar-refractivity contribution is 5.03. The summed E-state index contributed by atoms with van der Waals surface area (Å²) >= 11 is 0. The molecule has 2 heterocycles. The fourth-order valence-corrected chi connectivity index (χ4v) is 2.69. The molecule has 1 saturated heterocycles. The summed E-state index contributed by atoms with van der Waals surface area (Å²) in [6, 6.07) is 6.10. The highest BCUT2D eigenvalue weighted by Gasteiger charge is 2.31. The summed E-state index contributed by atoms with van der Waals surface area (Å²) in [5.74, 6) is 0. The van der Waals surface area contributed by atoms with Crippen LogP contribution >= 0.6 is 0 Å². The Kier molecular flexibility index (Phi) is 4.72. The first kappa shape index (κ1) is 13.5. The second kappa shape index (κ2) is 6.30. The lowest BCUT2D eigenvalue weighted by molar-refractivity contribution is 0.0413. The number of nitrogens with zero attached hydrogens (tertiary/aromatic N) is 2. The molecule has 1 N–H and O–H groups in total. The van der Waals surface area contributed by atoms with Crippen molar-refractivity contribution in [2.75, 3.05) is 26.2 Å². The van der Waals surface area contributed by atoms with Crippen LogP contribution in [0.5, 0.6) is 0 Å². The number of hydrogen-bond donors (Lipinski definition) is 1. The third-order valence-corrected chi connectivity index (χ3v) is 4.41. The van der Waals surface area contributed by atoms with E-state index < -0.39 is 0 Å². The zero-order chi connectivity index (χ0) is 12.8. The maximum atomic E-state index is 9.51. The molecular weight excluding hydrogens is 224 g/mol. The molecule has 3 heteroatoms. The molecule has 1 aromatic rings. The lowest BCUT2D eigenvalue weighted by atomic mass is 9.77. The average molecular weight is 248 g/mol. The molecule has 0 atom stereocenters. The highest BCUT2D eigenvalue weighted by Crippen LogP contribution is 2.34. The minimum atomic E-state index is 0.196. The smallest absolute Gasteiger partial charge is 0.0488 e. The van der Waals surface area contributed by atoms with Gasteiger partial charge in [0.15, 0.2) is 0 Å². The van der Waals surface area contributed by atoms with Crippen LogP contribution in [0.1, 0.15) is 31.9 Å². The van der Waals surface area contributed by atoms with Crippen LogP contribution in [-0.2, 0) is 6.42 Å². The summed E-state index contributed by atoms with van der Waals surface area (Å²) in [7, 11) is 0. The van der Waals surface area contributed by atoms with Gasteiger partial charge in [-0.3, -0.25) is 4.98 Å². The Hall–Kier alpha value is -0.930. The summed E-state index contributed by atoms with van der Waals surface area (Å²) in [5, 5.41) is 9.51. The molecule has 18 heavy (non-hydrogen) atoms. The molecule has 1 fully saturated rings. The first-order valence-corrected chi connectivity index (χ1v) is 7.01. The van der Waals surface area contributed by atoms with Crippen LogP contribution in [0.4, 0.5) is 0 Å². The van der Waals surface area contributed by atoms with Crippen molar-refractivity contribution in [1.29, 1.82) is 0 Å². The van der Waals surface area contributed by atoms with Gasteiger partial charge in [-0.05, 0) is 49.9 Å². The van der Waals surface area contributed by atoms with E-state index in [-0.39, 0.29) is 5.41 Å². The largest absolute Gasteiger partial charge is 0.396 e. The van der Waals surface area contributed by atoms with E-state index in [9.17, 15) is 5.11 Å². The van der Waals surface area contributed by atoms with Crippen LogP contribution in [0.15, 0.2) is 24.4 Å². The van der Waals surface area contributed by atoms with Gasteiger partial charge in [0.05, 0.1) is 0 Å². The van der Waals surface area contributed by atoms with Crippen molar-refractivity contribution in [3.63, 3.8) is 0 Å². The molecule has 0 spiro atoms. The maximum absolute atomic E-state index is 9.51. The van der Waals surface area contributed by atoms with Crippen LogP contribution < -0.4 is 0 Å². The SMILES string of the molecule is CCC1(CO)CCN(CCc2ccccn2)CC1. The zero-order valence-electron chi connectivity index (χ0n) is 11.3. The van der Waals surface area contributed by atoms with E-state index in [4.69, 9.17) is 0 Å². The number of aliphatic hydroxyl groups is 1. The first-order valence-electron chi connectivity index (χ1n) is 7.01. The normalized spacial score (nSPS) is 19.9. The topological polar surface area (TPSA) is 36.4 Å². The number of hydrogen-bond acceptors (Lipinski definition) is 3. The monoisotopic (exact) mass is 248 g/mol. The number of pyridine rings is 1. The van der Waals surface area contributed by atoms with Crippen molar-refractivity contribution in [3.8, 4) is 0 Å². The second-order valence-corrected chi connectivity index (χ2v) is 5.42. The van der Waals surface area contributed by atoms with Gasteiger partial charge in [-0.1, -0.05) is 13.0 Å². The van der Waals surface area contributed by atoms with Crippen molar-refractivity contribution >= 4 is 0 Å². The summed E-state index contributed by atoms with van der Waals surface area (Å²) in [6.45, 7) is 5.85. The van der Waals surface area contributed by atoms with Crippen molar-refractivity contribution in [2.24, 2.45) is 5.41 Å². The van der Waals surface area contributed by atoms with E-state index in [0.717, 1.165) is 45.3 Å². The second-order valence-electron chi connectivity index (χ2n) is 5.42. The van der Waals surface area contributed by atoms with Crippen molar-refractivity contribution in [3.05, 3.63) is 30.1 Å².